The van der Waals surface area contributed by atoms with Gasteiger partial charge in [0.1, 0.15) is 0 Å². The molecule has 6 heteroatoms. The minimum atomic E-state index is -0.0949. The molecule has 2 amide bonds. The molecule has 100 valence electrons. The smallest absolute Gasteiger partial charge is 0.220 e. The Morgan fingerprint density at radius 2 is 1.59 bits per heavy atom. The topological polar surface area (TPSA) is 61.4 Å². The molecule has 0 unspecified atom stereocenters. The van der Waals surface area contributed by atoms with Gasteiger partial charge in [-0.3, -0.25) is 9.59 Å². The molecular formula is C11H23N3O2S. The number of nitrogens with one attached hydrogen (secondary N) is 2. The predicted octanol–water partition coefficient (Wildman–Crippen LogP) is -0.119. The van der Waals surface area contributed by atoms with Crippen LogP contribution in [0.3, 0.4) is 0 Å². The van der Waals surface area contributed by atoms with Crippen molar-refractivity contribution in [2.45, 2.75) is 19.3 Å². The van der Waals surface area contributed by atoms with E-state index < -0.39 is 0 Å². The van der Waals surface area contributed by atoms with Crippen molar-refractivity contribution in [3.05, 3.63) is 0 Å². The zero-order chi connectivity index (χ0) is 13.1. The van der Waals surface area contributed by atoms with E-state index in [9.17, 15) is 9.59 Å². The Bertz CT molecular complexity index is 235. The molecular weight excluding hydrogens is 238 g/mol. The first-order valence-corrected chi connectivity index (χ1v) is 6.48. The molecule has 0 rings (SSSR count). The van der Waals surface area contributed by atoms with Gasteiger partial charge in [-0.1, -0.05) is 0 Å². The van der Waals surface area contributed by atoms with Crippen LogP contribution in [0, 0.1) is 0 Å². The van der Waals surface area contributed by atoms with Crippen LogP contribution >= 0.6 is 12.6 Å². The summed E-state index contributed by atoms with van der Waals surface area (Å²) in [6, 6.07) is 0. The second kappa shape index (κ2) is 10.4. The summed E-state index contributed by atoms with van der Waals surface area (Å²) in [5.41, 5.74) is 0. The summed E-state index contributed by atoms with van der Waals surface area (Å²) in [7, 11) is 3.99. The van der Waals surface area contributed by atoms with Crippen LogP contribution in [-0.2, 0) is 9.59 Å². The van der Waals surface area contributed by atoms with Crippen LogP contribution in [0.25, 0.3) is 0 Å². The Balaban J connectivity index is 3.43. The number of thiol groups is 1. The molecule has 0 aliphatic heterocycles. The second-order valence-corrected chi connectivity index (χ2v) is 4.53. The van der Waals surface area contributed by atoms with Gasteiger partial charge in [0.15, 0.2) is 0 Å². The number of nitrogens with zero attached hydrogens (tertiary/aromatic N) is 1. The molecule has 0 aliphatic rings. The van der Waals surface area contributed by atoms with Crippen molar-refractivity contribution in [1.82, 2.24) is 15.5 Å². The first kappa shape index (κ1) is 16.2. The highest BCUT2D eigenvalue weighted by atomic mass is 32.1. The fourth-order valence-electron chi connectivity index (χ4n) is 1.22. The van der Waals surface area contributed by atoms with Crippen molar-refractivity contribution >= 4 is 24.4 Å². The van der Waals surface area contributed by atoms with Crippen LogP contribution in [0.5, 0.6) is 0 Å². The van der Waals surface area contributed by atoms with Crippen LogP contribution in [0.2, 0.25) is 0 Å². The number of amides is 2. The fourth-order valence-corrected chi connectivity index (χ4v) is 1.33. The fraction of sp³-hybridized carbons (Fsp3) is 0.818. The zero-order valence-corrected chi connectivity index (χ0v) is 11.6. The van der Waals surface area contributed by atoms with Gasteiger partial charge in [-0.25, -0.2) is 0 Å². The maximum Gasteiger partial charge on any atom is 0.220 e. The molecule has 0 radical (unpaired) electrons. The van der Waals surface area contributed by atoms with Crippen molar-refractivity contribution in [3.8, 4) is 0 Å². The van der Waals surface area contributed by atoms with E-state index in [1.165, 1.54) is 0 Å². The standard InChI is InChI=1S/C11H23N3O2S/c1-14(2)8-3-6-12-10(15)4-5-11(16)13-7-9-17/h17H,3-9H2,1-2H3,(H,12,15)(H,13,16). The van der Waals surface area contributed by atoms with Gasteiger partial charge in [0, 0.05) is 31.7 Å². The molecule has 0 spiro atoms. The summed E-state index contributed by atoms with van der Waals surface area (Å²) in [5, 5.41) is 5.46. The summed E-state index contributed by atoms with van der Waals surface area (Å²) in [6.45, 7) is 2.16. The van der Waals surface area contributed by atoms with E-state index in [2.05, 4.69) is 28.2 Å². The lowest BCUT2D eigenvalue weighted by molar-refractivity contribution is -0.126. The van der Waals surface area contributed by atoms with Gasteiger partial charge in [-0.05, 0) is 27.1 Å². The average Bonchev–Trinajstić information content (AvgIpc) is 2.29. The van der Waals surface area contributed by atoms with Crippen LogP contribution in [-0.4, -0.2) is 56.2 Å². The second-order valence-electron chi connectivity index (χ2n) is 4.08. The van der Waals surface area contributed by atoms with Crippen molar-refractivity contribution in [2.24, 2.45) is 0 Å². The van der Waals surface area contributed by atoms with Crippen molar-refractivity contribution in [3.63, 3.8) is 0 Å². The molecule has 0 saturated heterocycles. The third kappa shape index (κ3) is 11.5. The normalized spacial score (nSPS) is 10.4. The van der Waals surface area contributed by atoms with E-state index in [1.807, 2.05) is 14.1 Å². The highest BCUT2D eigenvalue weighted by molar-refractivity contribution is 7.80. The Morgan fingerprint density at radius 1 is 1.06 bits per heavy atom. The van der Waals surface area contributed by atoms with Crippen LogP contribution in [0.4, 0.5) is 0 Å². The van der Waals surface area contributed by atoms with Crippen molar-refractivity contribution in [2.75, 3.05) is 39.5 Å². The Morgan fingerprint density at radius 3 is 2.06 bits per heavy atom. The molecule has 0 aromatic carbocycles. The Kier molecular flexibility index (Phi) is 9.95. The molecule has 17 heavy (non-hydrogen) atoms. The summed E-state index contributed by atoms with van der Waals surface area (Å²) in [5.74, 6) is 0.454. The van der Waals surface area contributed by atoms with Crippen LogP contribution in [0.15, 0.2) is 0 Å². The lowest BCUT2D eigenvalue weighted by atomic mass is 10.2. The third-order valence-corrected chi connectivity index (χ3v) is 2.34. The van der Waals surface area contributed by atoms with Gasteiger partial charge < -0.3 is 15.5 Å². The molecule has 0 aliphatic carbocycles. The maximum absolute atomic E-state index is 11.3. The molecule has 0 bridgehead atoms. The largest absolute Gasteiger partial charge is 0.356 e. The van der Waals surface area contributed by atoms with Gasteiger partial charge in [0.05, 0.1) is 0 Å². The number of carbonyl (C=O) groups excluding carboxylic acids is 2. The van der Waals surface area contributed by atoms with E-state index in [0.717, 1.165) is 13.0 Å². The lowest BCUT2D eigenvalue weighted by Gasteiger charge is -2.09. The SMILES string of the molecule is CN(C)CCCNC(=O)CCC(=O)NCCS. The van der Waals surface area contributed by atoms with E-state index in [-0.39, 0.29) is 24.7 Å². The first-order valence-electron chi connectivity index (χ1n) is 5.85. The monoisotopic (exact) mass is 261 g/mol. The van der Waals surface area contributed by atoms with E-state index in [0.29, 0.717) is 18.8 Å². The quantitative estimate of drug-likeness (QED) is 0.401. The number of rotatable bonds is 9. The highest BCUT2D eigenvalue weighted by Gasteiger charge is 2.05. The first-order chi connectivity index (χ1) is 8.06. The zero-order valence-electron chi connectivity index (χ0n) is 10.7. The predicted molar refractivity (Wildman–Crippen MR) is 72.3 cm³/mol. The molecule has 0 aromatic heterocycles. The molecule has 0 saturated carbocycles. The number of carbonyl (C=O) groups is 2. The van der Waals surface area contributed by atoms with Gasteiger partial charge in [-0.2, -0.15) is 12.6 Å². The third-order valence-electron chi connectivity index (χ3n) is 2.12. The molecule has 5 nitrogen and oxygen atoms in total. The summed E-state index contributed by atoms with van der Waals surface area (Å²) in [6.07, 6.45) is 1.41. The van der Waals surface area contributed by atoms with E-state index in [4.69, 9.17) is 0 Å². The molecule has 2 N–H and O–H groups in total. The summed E-state index contributed by atoms with van der Waals surface area (Å²) in [4.78, 5) is 24.6. The van der Waals surface area contributed by atoms with Crippen LogP contribution in [0.1, 0.15) is 19.3 Å². The molecule has 0 aromatic rings. The minimum absolute atomic E-state index is 0.0650. The van der Waals surface area contributed by atoms with Gasteiger partial charge in [0.25, 0.3) is 0 Å². The molecule has 0 fully saturated rings. The van der Waals surface area contributed by atoms with Gasteiger partial charge >= 0.3 is 0 Å². The number of hydrogen-bond acceptors (Lipinski definition) is 4. The molecule has 0 heterocycles. The Labute approximate surface area is 109 Å². The summed E-state index contributed by atoms with van der Waals surface area (Å²) >= 11 is 3.98. The number of hydrogen-bond donors (Lipinski definition) is 3. The van der Waals surface area contributed by atoms with Crippen molar-refractivity contribution in [1.29, 1.82) is 0 Å². The lowest BCUT2D eigenvalue weighted by Crippen LogP contribution is -2.30. The summed E-state index contributed by atoms with van der Waals surface area (Å²) < 4.78 is 0. The van der Waals surface area contributed by atoms with Crippen molar-refractivity contribution < 1.29 is 9.59 Å². The minimum Gasteiger partial charge on any atom is -0.356 e. The van der Waals surface area contributed by atoms with Gasteiger partial charge in [0.2, 0.25) is 11.8 Å². The Hall–Kier alpha value is -0.750. The van der Waals surface area contributed by atoms with Gasteiger partial charge in [-0.15, -0.1) is 0 Å². The average molecular weight is 261 g/mol. The van der Waals surface area contributed by atoms with Crippen LogP contribution < -0.4 is 10.6 Å². The van der Waals surface area contributed by atoms with E-state index in [1.54, 1.807) is 0 Å². The highest BCUT2D eigenvalue weighted by Crippen LogP contribution is 1.90. The maximum atomic E-state index is 11.3. The molecule has 0 atom stereocenters. The van der Waals surface area contributed by atoms with E-state index >= 15 is 0 Å².